The molecule has 2 saturated heterocycles. The number of hydrogen-bond acceptors (Lipinski definition) is 7. The van der Waals surface area contributed by atoms with Crippen LogP contribution in [-0.4, -0.2) is 57.8 Å². The van der Waals surface area contributed by atoms with Crippen LogP contribution in [0, 0.1) is 5.92 Å². The molecule has 2 aliphatic heterocycles. The number of likely N-dealkylation sites (tertiary alicyclic amines) is 1. The summed E-state index contributed by atoms with van der Waals surface area (Å²) in [7, 11) is 0. The zero-order chi connectivity index (χ0) is 30.5. The minimum Gasteiger partial charge on any atom is -0.392 e. The molecule has 5 atom stereocenters. The zero-order valence-electron chi connectivity index (χ0n) is 24.9. The van der Waals surface area contributed by atoms with Crippen LogP contribution >= 0.6 is 0 Å². The predicted molar refractivity (Wildman–Crippen MR) is 167 cm³/mol. The number of hydrogen-bond donors (Lipinski definition) is 3. The van der Waals surface area contributed by atoms with Gasteiger partial charge in [-0.15, -0.1) is 0 Å². The van der Waals surface area contributed by atoms with E-state index in [2.05, 4.69) is 40.3 Å². The van der Waals surface area contributed by atoms with E-state index in [4.69, 9.17) is 9.47 Å². The third-order valence-electron chi connectivity index (χ3n) is 8.68. The van der Waals surface area contributed by atoms with Crippen molar-refractivity contribution in [3.63, 3.8) is 0 Å². The van der Waals surface area contributed by atoms with Gasteiger partial charge < -0.3 is 25.0 Å². The van der Waals surface area contributed by atoms with Gasteiger partial charge in [0.25, 0.3) is 5.91 Å². The number of aromatic nitrogens is 1. The number of amides is 1. The molecule has 0 spiro atoms. The van der Waals surface area contributed by atoms with Gasteiger partial charge in [0.1, 0.15) is 0 Å². The first-order chi connectivity index (χ1) is 21.5. The maximum atomic E-state index is 12.6. The summed E-state index contributed by atoms with van der Waals surface area (Å²) in [5.41, 5.74) is 6.44. The molecule has 0 radical (unpaired) electrons. The van der Waals surface area contributed by atoms with Gasteiger partial charge in [0.05, 0.1) is 30.5 Å². The van der Waals surface area contributed by atoms with Crippen molar-refractivity contribution >= 4 is 5.91 Å². The number of benzene rings is 3. The van der Waals surface area contributed by atoms with E-state index >= 15 is 0 Å². The molecule has 2 aliphatic rings. The normalized spacial score (nSPS) is 23.8. The fourth-order valence-electron chi connectivity index (χ4n) is 6.11. The van der Waals surface area contributed by atoms with Gasteiger partial charge in [-0.25, -0.2) is 0 Å². The molecule has 3 aromatic carbocycles. The molecule has 1 amide bonds. The van der Waals surface area contributed by atoms with Crippen LogP contribution in [0.25, 0.3) is 11.1 Å². The molecule has 8 heteroatoms. The lowest BCUT2D eigenvalue weighted by molar-refractivity contribution is -0.276. The topological polar surface area (TPSA) is 104 Å². The van der Waals surface area contributed by atoms with Crippen molar-refractivity contribution in [1.82, 2.24) is 15.2 Å². The van der Waals surface area contributed by atoms with Crippen LogP contribution in [0.2, 0.25) is 0 Å². The third kappa shape index (κ3) is 6.90. The van der Waals surface area contributed by atoms with Crippen molar-refractivity contribution in [3.05, 3.63) is 125 Å². The second kappa shape index (κ2) is 13.8. The van der Waals surface area contributed by atoms with Gasteiger partial charge in [0.2, 0.25) is 0 Å². The maximum Gasteiger partial charge on any atom is 0.253 e. The standard InChI is InChI=1S/C36H39N3O5/c1-24-33(22-39-18-16-31(41)21-39)43-36(44-34(24)27-10-8-25(23-40)9-11-27)28-14-12-26(13-15-28)32-7-3-2-5-29(32)20-38-35(42)30-6-4-17-37-19-30/h2-15,17,19,24,31,33-34,36,40-41H,16,18,20-23H2,1H3,(H,38,42)/t24-,31+,33+,34+,36+/m1/s1. The van der Waals surface area contributed by atoms with Gasteiger partial charge >= 0.3 is 0 Å². The lowest BCUT2D eigenvalue weighted by Crippen LogP contribution is -2.44. The summed E-state index contributed by atoms with van der Waals surface area (Å²) in [6.07, 6.45) is 2.85. The second-order valence-corrected chi connectivity index (χ2v) is 11.7. The lowest BCUT2D eigenvalue weighted by atomic mass is 9.90. The third-order valence-corrected chi connectivity index (χ3v) is 8.68. The fourth-order valence-corrected chi connectivity index (χ4v) is 6.11. The molecule has 8 nitrogen and oxygen atoms in total. The molecule has 44 heavy (non-hydrogen) atoms. The van der Waals surface area contributed by atoms with E-state index in [1.54, 1.807) is 24.5 Å². The van der Waals surface area contributed by atoms with E-state index in [1.807, 2.05) is 54.6 Å². The van der Waals surface area contributed by atoms with E-state index < -0.39 is 6.29 Å². The Balaban J connectivity index is 1.21. The Morgan fingerprint density at radius 3 is 2.45 bits per heavy atom. The molecule has 6 rings (SSSR count). The van der Waals surface area contributed by atoms with Crippen LogP contribution in [0.15, 0.2) is 97.3 Å². The van der Waals surface area contributed by atoms with Gasteiger partial charge in [0, 0.05) is 50.1 Å². The Kier molecular flexibility index (Phi) is 9.45. The summed E-state index contributed by atoms with van der Waals surface area (Å²) in [5.74, 6) is -0.0837. The molecule has 2 fully saturated rings. The first-order valence-corrected chi connectivity index (χ1v) is 15.3. The average molecular weight is 594 g/mol. The molecule has 0 saturated carbocycles. The number of nitrogens with one attached hydrogen (secondary N) is 1. The Labute approximate surface area is 258 Å². The Morgan fingerprint density at radius 2 is 1.75 bits per heavy atom. The van der Waals surface area contributed by atoms with Gasteiger partial charge in [-0.2, -0.15) is 0 Å². The quantitative estimate of drug-likeness (QED) is 0.250. The summed E-state index contributed by atoms with van der Waals surface area (Å²) >= 11 is 0. The minimum absolute atomic E-state index is 0.000636. The highest BCUT2D eigenvalue weighted by atomic mass is 16.7. The van der Waals surface area contributed by atoms with Crippen molar-refractivity contribution in [2.75, 3.05) is 19.6 Å². The number of carbonyl (C=O) groups excluding carboxylic acids is 1. The molecule has 4 aromatic rings. The minimum atomic E-state index is -0.561. The fraction of sp³-hybridized carbons (Fsp3) is 0.333. The molecule has 0 aliphatic carbocycles. The Hall–Kier alpha value is -3.92. The monoisotopic (exact) mass is 593 g/mol. The first-order valence-electron chi connectivity index (χ1n) is 15.3. The SMILES string of the molecule is C[C@@H]1[C@H](CN2CC[C@H](O)C2)O[C@H](c2ccc(-c3ccccc3CNC(=O)c3cccnc3)cc2)O[C@@H]1c1ccc(CO)cc1. The van der Waals surface area contributed by atoms with E-state index in [0.29, 0.717) is 18.7 Å². The number of β-amino-alcohol motifs (C(OH)–C–C–N with tert-alkyl or cyclic N) is 1. The highest BCUT2D eigenvalue weighted by Crippen LogP contribution is 2.42. The van der Waals surface area contributed by atoms with Crippen LogP contribution < -0.4 is 5.32 Å². The molecular weight excluding hydrogens is 554 g/mol. The van der Waals surface area contributed by atoms with E-state index in [0.717, 1.165) is 52.9 Å². The van der Waals surface area contributed by atoms with Crippen LogP contribution in [-0.2, 0) is 22.6 Å². The van der Waals surface area contributed by atoms with Crippen molar-refractivity contribution in [1.29, 1.82) is 0 Å². The molecule has 3 N–H and O–H groups in total. The second-order valence-electron chi connectivity index (χ2n) is 11.7. The van der Waals surface area contributed by atoms with Crippen molar-refractivity contribution < 1.29 is 24.5 Å². The number of aliphatic hydroxyl groups excluding tert-OH is 2. The molecule has 1 aromatic heterocycles. The molecule has 0 bridgehead atoms. The predicted octanol–water partition coefficient (Wildman–Crippen LogP) is 5.03. The van der Waals surface area contributed by atoms with Gasteiger partial charge in [-0.3, -0.25) is 14.7 Å². The zero-order valence-corrected chi connectivity index (χ0v) is 24.9. The number of carbonyl (C=O) groups is 1. The van der Waals surface area contributed by atoms with Crippen LogP contribution in [0.4, 0.5) is 0 Å². The van der Waals surface area contributed by atoms with Gasteiger partial charge in [0.15, 0.2) is 6.29 Å². The molecule has 3 heterocycles. The van der Waals surface area contributed by atoms with E-state index in [9.17, 15) is 15.0 Å². The first kappa shape index (κ1) is 30.1. The van der Waals surface area contributed by atoms with Gasteiger partial charge in [-0.05, 0) is 46.4 Å². The van der Waals surface area contributed by atoms with E-state index in [-0.39, 0.29) is 36.7 Å². The number of rotatable bonds is 9. The van der Waals surface area contributed by atoms with Crippen LogP contribution in [0.3, 0.4) is 0 Å². The number of pyridine rings is 1. The molecule has 228 valence electrons. The van der Waals surface area contributed by atoms with E-state index in [1.165, 1.54) is 0 Å². The summed E-state index contributed by atoms with van der Waals surface area (Å²) in [6.45, 7) is 4.78. The summed E-state index contributed by atoms with van der Waals surface area (Å²) in [4.78, 5) is 18.9. The lowest BCUT2D eigenvalue weighted by Gasteiger charge is -2.42. The Morgan fingerprint density at radius 1 is 0.977 bits per heavy atom. The van der Waals surface area contributed by atoms with Crippen molar-refractivity contribution in [2.24, 2.45) is 5.92 Å². The van der Waals surface area contributed by atoms with Gasteiger partial charge in [-0.1, -0.05) is 79.7 Å². The number of ether oxygens (including phenoxy) is 2. The summed E-state index contributed by atoms with van der Waals surface area (Å²) in [5, 5.41) is 22.6. The highest BCUT2D eigenvalue weighted by Gasteiger charge is 2.39. The van der Waals surface area contributed by atoms with Crippen LogP contribution in [0.1, 0.15) is 58.4 Å². The van der Waals surface area contributed by atoms with Crippen LogP contribution in [0.5, 0.6) is 0 Å². The summed E-state index contributed by atoms with van der Waals surface area (Å²) < 4.78 is 13.2. The van der Waals surface area contributed by atoms with Crippen molar-refractivity contribution in [2.45, 2.75) is 51.1 Å². The Bertz CT molecular complexity index is 1530. The number of aliphatic hydroxyl groups is 2. The largest absolute Gasteiger partial charge is 0.392 e. The maximum absolute atomic E-state index is 12.6. The molecular formula is C36H39N3O5. The smallest absolute Gasteiger partial charge is 0.253 e. The average Bonchev–Trinajstić information content (AvgIpc) is 3.49. The van der Waals surface area contributed by atoms with Crippen molar-refractivity contribution in [3.8, 4) is 11.1 Å². The molecule has 0 unspecified atom stereocenters. The highest BCUT2D eigenvalue weighted by molar-refractivity contribution is 5.93. The summed E-state index contributed by atoms with van der Waals surface area (Å²) in [6, 6.07) is 27.7. The number of nitrogens with zero attached hydrogens (tertiary/aromatic N) is 2.